The van der Waals surface area contributed by atoms with Crippen molar-refractivity contribution in [2.75, 3.05) is 0 Å². The molecule has 0 aliphatic carbocycles. The van der Waals surface area contributed by atoms with Crippen LogP contribution in [-0.4, -0.2) is 5.11 Å². The summed E-state index contributed by atoms with van der Waals surface area (Å²) in [5, 5.41) is 9.41. The monoisotopic (exact) mass is 240 g/mol. The first kappa shape index (κ1) is 10.9. The maximum atomic E-state index is 13.0. The minimum atomic E-state index is -0.574. The molecule has 2 rings (SSSR count). The summed E-state index contributed by atoms with van der Waals surface area (Å²) in [6.07, 6.45) is 0. The lowest BCUT2D eigenvalue weighted by atomic mass is 10.1. The summed E-state index contributed by atoms with van der Waals surface area (Å²) < 4.78 is 25.9. The van der Waals surface area contributed by atoms with Crippen LogP contribution in [0.3, 0.4) is 0 Å². The van der Waals surface area contributed by atoms with Gasteiger partial charge in [0.2, 0.25) is 0 Å². The molecule has 1 N–H and O–H groups in total. The molecule has 1 nitrogen and oxygen atoms in total. The third-order valence-corrected chi connectivity index (χ3v) is 2.44. The number of halogens is 3. The number of benzene rings is 2. The van der Waals surface area contributed by atoms with Crippen LogP contribution in [0.25, 0.3) is 11.1 Å². The fraction of sp³-hybridized carbons (Fsp3) is 0. The average molecular weight is 241 g/mol. The van der Waals surface area contributed by atoms with E-state index in [1.54, 1.807) is 0 Å². The largest absolute Gasteiger partial charge is 0.508 e. The van der Waals surface area contributed by atoms with Crippen LogP contribution in [-0.2, 0) is 0 Å². The summed E-state index contributed by atoms with van der Waals surface area (Å²) in [4.78, 5) is 0. The number of aromatic hydroxyl groups is 1. The van der Waals surface area contributed by atoms with E-state index >= 15 is 0 Å². The lowest BCUT2D eigenvalue weighted by Gasteiger charge is -2.05. The Hall–Kier alpha value is -1.61. The highest BCUT2D eigenvalue weighted by Gasteiger charge is 2.07. The van der Waals surface area contributed by atoms with Gasteiger partial charge < -0.3 is 5.11 Å². The summed E-state index contributed by atoms with van der Waals surface area (Å²) >= 11 is 5.82. The van der Waals surface area contributed by atoms with E-state index < -0.39 is 11.6 Å². The maximum absolute atomic E-state index is 13.0. The number of rotatable bonds is 1. The molecule has 0 spiro atoms. The zero-order valence-corrected chi connectivity index (χ0v) is 8.80. The number of phenolic OH excluding ortho intramolecular Hbond substituents is 1. The molecule has 0 unspecified atom stereocenters. The zero-order valence-electron chi connectivity index (χ0n) is 8.05. The third-order valence-electron chi connectivity index (χ3n) is 2.12. The van der Waals surface area contributed by atoms with Crippen molar-refractivity contribution in [3.05, 3.63) is 53.1 Å². The molecular formula is C12H7ClF2O. The quantitative estimate of drug-likeness (QED) is 0.799. The van der Waals surface area contributed by atoms with Gasteiger partial charge in [0.05, 0.1) is 5.02 Å². The van der Waals surface area contributed by atoms with Crippen molar-refractivity contribution >= 4 is 11.6 Å². The molecule has 0 aliphatic rings. The molecule has 0 saturated heterocycles. The normalized spacial score (nSPS) is 10.4. The Bertz CT molecular complexity index is 520. The minimum absolute atomic E-state index is 0.171. The van der Waals surface area contributed by atoms with Gasteiger partial charge in [-0.1, -0.05) is 11.6 Å². The van der Waals surface area contributed by atoms with Gasteiger partial charge in [-0.25, -0.2) is 8.78 Å². The van der Waals surface area contributed by atoms with E-state index in [2.05, 4.69) is 0 Å². The van der Waals surface area contributed by atoms with E-state index in [4.69, 9.17) is 11.6 Å². The standard InChI is InChI=1S/C12H7ClF2O/c13-12-6-8(14)1-2-11(12)7-3-9(15)5-10(16)4-7/h1-6,16H. The number of hydrogen-bond acceptors (Lipinski definition) is 1. The van der Waals surface area contributed by atoms with Crippen LogP contribution < -0.4 is 0 Å². The van der Waals surface area contributed by atoms with Crippen molar-refractivity contribution in [1.82, 2.24) is 0 Å². The topological polar surface area (TPSA) is 20.2 Å². The van der Waals surface area contributed by atoms with E-state index in [-0.39, 0.29) is 10.8 Å². The molecular weight excluding hydrogens is 234 g/mol. The van der Waals surface area contributed by atoms with E-state index in [9.17, 15) is 13.9 Å². The zero-order chi connectivity index (χ0) is 11.7. The molecule has 0 saturated carbocycles. The van der Waals surface area contributed by atoms with Gasteiger partial charge in [0.25, 0.3) is 0 Å². The van der Waals surface area contributed by atoms with E-state index in [0.717, 1.165) is 12.1 Å². The second kappa shape index (κ2) is 4.10. The van der Waals surface area contributed by atoms with Gasteiger partial charge in [-0.15, -0.1) is 0 Å². The first-order valence-corrected chi connectivity index (χ1v) is 4.89. The molecule has 2 aromatic carbocycles. The summed E-state index contributed by atoms with van der Waals surface area (Å²) in [5.74, 6) is -1.24. The molecule has 4 heteroatoms. The van der Waals surface area contributed by atoms with Crippen molar-refractivity contribution in [2.24, 2.45) is 0 Å². The lowest BCUT2D eigenvalue weighted by molar-refractivity contribution is 0.469. The van der Waals surface area contributed by atoms with Crippen LogP contribution in [0.15, 0.2) is 36.4 Å². The van der Waals surface area contributed by atoms with Gasteiger partial charge in [-0.05, 0) is 35.9 Å². The Morgan fingerprint density at radius 3 is 2.31 bits per heavy atom. The average Bonchev–Trinajstić information content (AvgIpc) is 2.15. The van der Waals surface area contributed by atoms with Gasteiger partial charge in [0, 0.05) is 11.6 Å². The van der Waals surface area contributed by atoms with Gasteiger partial charge in [-0.2, -0.15) is 0 Å². The molecule has 16 heavy (non-hydrogen) atoms. The Morgan fingerprint density at radius 1 is 0.938 bits per heavy atom. The summed E-state index contributed by atoms with van der Waals surface area (Å²) in [5.41, 5.74) is 0.875. The summed E-state index contributed by atoms with van der Waals surface area (Å²) in [6, 6.07) is 7.37. The van der Waals surface area contributed by atoms with Crippen LogP contribution in [0.5, 0.6) is 5.75 Å². The second-order valence-electron chi connectivity index (χ2n) is 3.32. The number of hydrogen-bond donors (Lipinski definition) is 1. The smallest absolute Gasteiger partial charge is 0.127 e. The van der Waals surface area contributed by atoms with E-state index in [1.165, 1.54) is 24.3 Å². The fourth-order valence-corrected chi connectivity index (χ4v) is 1.73. The molecule has 0 radical (unpaired) electrons. The Balaban J connectivity index is 2.58. The SMILES string of the molecule is Oc1cc(F)cc(-c2ccc(F)cc2Cl)c1. The summed E-state index contributed by atoms with van der Waals surface area (Å²) in [7, 11) is 0. The van der Waals surface area contributed by atoms with Crippen LogP contribution in [0.4, 0.5) is 8.78 Å². The van der Waals surface area contributed by atoms with Gasteiger partial charge in [0.1, 0.15) is 17.4 Å². The molecule has 0 bridgehead atoms. The highest BCUT2D eigenvalue weighted by molar-refractivity contribution is 6.33. The van der Waals surface area contributed by atoms with Crippen LogP contribution in [0.1, 0.15) is 0 Å². The Labute approximate surface area is 95.9 Å². The molecule has 2 aromatic rings. The van der Waals surface area contributed by atoms with Gasteiger partial charge in [0.15, 0.2) is 0 Å². The number of phenols is 1. The predicted octanol–water partition coefficient (Wildman–Crippen LogP) is 3.99. The first-order chi connectivity index (χ1) is 7.56. The van der Waals surface area contributed by atoms with Crippen molar-refractivity contribution < 1.29 is 13.9 Å². The lowest BCUT2D eigenvalue weighted by Crippen LogP contribution is -1.83. The van der Waals surface area contributed by atoms with Crippen molar-refractivity contribution in [2.45, 2.75) is 0 Å². The molecule has 0 aliphatic heterocycles. The fourth-order valence-electron chi connectivity index (χ4n) is 1.45. The van der Waals surface area contributed by atoms with Crippen LogP contribution in [0.2, 0.25) is 5.02 Å². The van der Waals surface area contributed by atoms with Crippen LogP contribution in [0, 0.1) is 11.6 Å². The van der Waals surface area contributed by atoms with Crippen molar-refractivity contribution in [3.63, 3.8) is 0 Å². The highest BCUT2D eigenvalue weighted by Crippen LogP contribution is 2.31. The minimum Gasteiger partial charge on any atom is -0.508 e. The Kier molecular flexibility index (Phi) is 2.79. The molecule has 0 fully saturated rings. The van der Waals surface area contributed by atoms with Gasteiger partial charge in [-0.3, -0.25) is 0 Å². The summed E-state index contributed by atoms with van der Waals surface area (Å²) in [6.45, 7) is 0. The van der Waals surface area contributed by atoms with Gasteiger partial charge >= 0.3 is 0 Å². The van der Waals surface area contributed by atoms with Crippen molar-refractivity contribution in [3.8, 4) is 16.9 Å². The maximum Gasteiger partial charge on any atom is 0.127 e. The highest BCUT2D eigenvalue weighted by atomic mass is 35.5. The van der Waals surface area contributed by atoms with E-state index in [1.807, 2.05) is 0 Å². The first-order valence-electron chi connectivity index (χ1n) is 4.51. The predicted molar refractivity (Wildman–Crippen MR) is 58.5 cm³/mol. The van der Waals surface area contributed by atoms with Crippen LogP contribution >= 0.6 is 11.6 Å². The second-order valence-corrected chi connectivity index (χ2v) is 3.73. The molecule has 0 aromatic heterocycles. The van der Waals surface area contributed by atoms with Crippen molar-refractivity contribution in [1.29, 1.82) is 0 Å². The molecule has 0 heterocycles. The molecule has 82 valence electrons. The molecule has 0 atom stereocenters. The molecule has 0 amide bonds. The third kappa shape index (κ3) is 2.14. The van der Waals surface area contributed by atoms with E-state index in [0.29, 0.717) is 11.1 Å². The Morgan fingerprint density at radius 2 is 1.69 bits per heavy atom.